The number of nitrogens with zero attached hydrogens (tertiary/aromatic N) is 1. The first kappa shape index (κ1) is 21.7. The molecule has 166 valence electrons. The number of carbonyl (C=O) groups excluding carboxylic acids is 2. The first-order chi connectivity index (χ1) is 15.6. The van der Waals surface area contributed by atoms with Crippen LogP contribution in [0.25, 0.3) is 10.8 Å². The second kappa shape index (κ2) is 9.30. The van der Waals surface area contributed by atoms with Gasteiger partial charge in [0.1, 0.15) is 0 Å². The summed E-state index contributed by atoms with van der Waals surface area (Å²) in [4.78, 5) is 28.5. The summed E-state index contributed by atoms with van der Waals surface area (Å²) in [6, 6.07) is 17.0. The van der Waals surface area contributed by atoms with E-state index in [-0.39, 0.29) is 17.6 Å². The van der Waals surface area contributed by atoms with Gasteiger partial charge in [-0.2, -0.15) is 0 Å². The second-order valence-electron chi connectivity index (χ2n) is 7.90. The van der Waals surface area contributed by atoms with Gasteiger partial charge >= 0.3 is 0 Å². The van der Waals surface area contributed by atoms with Crippen LogP contribution in [0.5, 0.6) is 17.2 Å². The van der Waals surface area contributed by atoms with Crippen molar-refractivity contribution in [2.24, 2.45) is 5.92 Å². The Labute approximate surface area is 187 Å². The summed E-state index contributed by atoms with van der Waals surface area (Å²) >= 11 is 0. The average Bonchev–Trinajstić information content (AvgIpc) is 2.86. The molecule has 1 fully saturated rings. The maximum absolute atomic E-state index is 13.4. The van der Waals surface area contributed by atoms with Crippen LogP contribution >= 0.6 is 0 Å². The fourth-order valence-electron chi connectivity index (χ4n) is 4.42. The highest BCUT2D eigenvalue weighted by atomic mass is 16.5. The summed E-state index contributed by atoms with van der Waals surface area (Å²) in [5.41, 5.74) is 1.16. The minimum absolute atomic E-state index is 0.0872. The van der Waals surface area contributed by atoms with Gasteiger partial charge in [0.25, 0.3) is 5.91 Å². The van der Waals surface area contributed by atoms with Crippen molar-refractivity contribution in [3.8, 4) is 17.2 Å². The predicted octanol–water partition coefficient (Wildman–Crippen LogP) is 4.60. The molecule has 4 rings (SSSR count). The summed E-state index contributed by atoms with van der Waals surface area (Å²) in [5.74, 6) is 0.991. The molecule has 3 aromatic rings. The number of carbonyl (C=O) groups is 2. The second-order valence-corrected chi connectivity index (χ2v) is 7.90. The largest absolute Gasteiger partial charge is 0.493 e. The molecule has 6 heteroatoms. The lowest BCUT2D eigenvalue weighted by Crippen LogP contribution is -2.42. The number of ketones is 1. The fourth-order valence-corrected chi connectivity index (χ4v) is 4.42. The fraction of sp³-hybridized carbons (Fsp3) is 0.308. The molecule has 0 aliphatic carbocycles. The molecule has 1 atom stereocenters. The molecular weight excluding hydrogens is 406 g/mol. The molecule has 1 aliphatic heterocycles. The SMILES string of the molecule is COc1cc(C(=O)N2CCCC(C(=O)c3cccc4ccccc34)C2)cc(OC)c1OC. The summed E-state index contributed by atoms with van der Waals surface area (Å²) < 4.78 is 16.1. The third-order valence-corrected chi connectivity index (χ3v) is 6.05. The number of likely N-dealkylation sites (tertiary alicyclic amines) is 1. The van der Waals surface area contributed by atoms with Crippen molar-refractivity contribution < 1.29 is 23.8 Å². The molecule has 0 spiro atoms. The number of benzene rings is 3. The van der Waals surface area contributed by atoms with Crippen molar-refractivity contribution in [1.82, 2.24) is 4.90 Å². The van der Waals surface area contributed by atoms with Gasteiger partial charge in [-0.1, -0.05) is 42.5 Å². The molecule has 0 N–H and O–H groups in total. The van der Waals surface area contributed by atoms with Gasteiger partial charge in [0.15, 0.2) is 17.3 Å². The highest BCUT2D eigenvalue weighted by Crippen LogP contribution is 2.38. The predicted molar refractivity (Wildman–Crippen MR) is 123 cm³/mol. The molecule has 1 saturated heterocycles. The monoisotopic (exact) mass is 433 g/mol. The summed E-state index contributed by atoms with van der Waals surface area (Å²) in [6.07, 6.45) is 1.54. The number of hydrogen-bond donors (Lipinski definition) is 0. The molecule has 0 saturated carbocycles. The van der Waals surface area contributed by atoms with Gasteiger partial charge in [0.2, 0.25) is 5.75 Å². The number of Topliss-reactive ketones (excluding diaryl/α,β-unsaturated/α-hetero) is 1. The van der Waals surface area contributed by atoms with Crippen molar-refractivity contribution in [2.75, 3.05) is 34.4 Å². The molecule has 0 bridgehead atoms. The summed E-state index contributed by atoms with van der Waals surface area (Å²) in [6.45, 7) is 0.992. The van der Waals surface area contributed by atoms with Crippen LogP contribution in [0, 0.1) is 5.92 Å². The zero-order valence-corrected chi connectivity index (χ0v) is 18.6. The maximum atomic E-state index is 13.4. The Hall–Kier alpha value is -3.54. The van der Waals surface area contributed by atoms with Crippen LogP contribution in [0.3, 0.4) is 0 Å². The molecular formula is C26H27NO5. The van der Waals surface area contributed by atoms with E-state index < -0.39 is 0 Å². The highest BCUT2D eigenvalue weighted by molar-refractivity contribution is 6.09. The van der Waals surface area contributed by atoms with E-state index in [0.29, 0.717) is 35.9 Å². The number of fused-ring (bicyclic) bond motifs is 1. The quantitative estimate of drug-likeness (QED) is 0.532. The minimum atomic E-state index is -0.236. The molecule has 6 nitrogen and oxygen atoms in total. The average molecular weight is 434 g/mol. The van der Waals surface area contributed by atoms with Crippen molar-refractivity contribution in [3.05, 3.63) is 65.7 Å². The zero-order valence-electron chi connectivity index (χ0n) is 18.6. The van der Waals surface area contributed by atoms with Crippen LogP contribution in [-0.4, -0.2) is 51.0 Å². The lowest BCUT2D eigenvalue weighted by atomic mass is 9.87. The first-order valence-electron chi connectivity index (χ1n) is 10.7. The molecule has 1 aliphatic rings. The Morgan fingerprint density at radius 1 is 0.906 bits per heavy atom. The van der Waals surface area contributed by atoms with Gasteiger partial charge in [-0.25, -0.2) is 0 Å². The Morgan fingerprint density at radius 3 is 2.28 bits per heavy atom. The Morgan fingerprint density at radius 2 is 1.59 bits per heavy atom. The maximum Gasteiger partial charge on any atom is 0.254 e. The number of methoxy groups -OCH3 is 3. The Bertz CT molecular complexity index is 1130. The van der Waals surface area contributed by atoms with E-state index in [2.05, 4.69) is 0 Å². The van der Waals surface area contributed by atoms with Gasteiger partial charge in [-0.05, 0) is 35.7 Å². The van der Waals surface area contributed by atoms with Crippen molar-refractivity contribution in [1.29, 1.82) is 0 Å². The van der Waals surface area contributed by atoms with Crippen molar-refractivity contribution in [2.45, 2.75) is 12.8 Å². The Balaban J connectivity index is 1.59. The summed E-state index contributed by atoms with van der Waals surface area (Å²) in [5, 5.41) is 1.99. The standard InChI is InChI=1S/C26H27NO5/c1-30-22-14-19(15-23(31-2)25(22)32-3)26(29)27-13-7-10-18(16-27)24(28)21-12-6-9-17-8-4-5-11-20(17)21/h4-6,8-9,11-12,14-15,18H,7,10,13,16H2,1-3H3. The lowest BCUT2D eigenvalue weighted by Gasteiger charge is -2.32. The van der Waals surface area contributed by atoms with Gasteiger partial charge in [-0.15, -0.1) is 0 Å². The lowest BCUT2D eigenvalue weighted by molar-refractivity contribution is 0.0636. The van der Waals surface area contributed by atoms with E-state index in [1.807, 2.05) is 42.5 Å². The van der Waals surface area contributed by atoms with Crippen LogP contribution in [-0.2, 0) is 0 Å². The smallest absolute Gasteiger partial charge is 0.254 e. The van der Waals surface area contributed by atoms with Gasteiger partial charge in [0.05, 0.1) is 21.3 Å². The van der Waals surface area contributed by atoms with Crippen LogP contribution in [0.4, 0.5) is 0 Å². The van der Waals surface area contributed by atoms with Crippen molar-refractivity contribution in [3.63, 3.8) is 0 Å². The molecule has 32 heavy (non-hydrogen) atoms. The number of piperidine rings is 1. The molecule has 0 aromatic heterocycles. The van der Waals surface area contributed by atoms with E-state index in [1.165, 1.54) is 21.3 Å². The van der Waals surface area contributed by atoms with Crippen LogP contribution in [0.15, 0.2) is 54.6 Å². The normalized spacial score (nSPS) is 16.0. The van der Waals surface area contributed by atoms with Gasteiger partial charge in [-0.3, -0.25) is 9.59 Å². The number of hydrogen-bond acceptors (Lipinski definition) is 5. The summed E-state index contributed by atoms with van der Waals surface area (Å²) in [7, 11) is 4.56. The first-order valence-corrected chi connectivity index (χ1v) is 10.7. The molecule has 1 unspecified atom stereocenters. The number of ether oxygens (including phenoxy) is 3. The van der Waals surface area contributed by atoms with E-state index in [4.69, 9.17) is 14.2 Å². The van der Waals surface area contributed by atoms with E-state index in [1.54, 1.807) is 17.0 Å². The Kier molecular flexibility index (Phi) is 6.30. The van der Waals surface area contributed by atoms with E-state index in [0.717, 1.165) is 29.2 Å². The van der Waals surface area contributed by atoms with Gasteiger partial charge in [0, 0.05) is 30.1 Å². The van der Waals surface area contributed by atoms with Crippen LogP contribution in [0.1, 0.15) is 33.6 Å². The van der Waals surface area contributed by atoms with Crippen LogP contribution in [0.2, 0.25) is 0 Å². The number of amides is 1. The van der Waals surface area contributed by atoms with Crippen molar-refractivity contribution >= 4 is 22.5 Å². The van der Waals surface area contributed by atoms with E-state index >= 15 is 0 Å². The third-order valence-electron chi connectivity index (χ3n) is 6.05. The molecule has 3 aromatic carbocycles. The highest BCUT2D eigenvalue weighted by Gasteiger charge is 2.31. The minimum Gasteiger partial charge on any atom is -0.493 e. The topological polar surface area (TPSA) is 65.1 Å². The number of rotatable bonds is 6. The van der Waals surface area contributed by atoms with E-state index in [9.17, 15) is 9.59 Å². The molecule has 1 amide bonds. The third kappa shape index (κ3) is 4.00. The van der Waals surface area contributed by atoms with Gasteiger partial charge < -0.3 is 19.1 Å². The molecule has 0 radical (unpaired) electrons. The molecule has 1 heterocycles. The zero-order chi connectivity index (χ0) is 22.7. The van der Waals surface area contributed by atoms with Crippen LogP contribution < -0.4 is 14.2 Å².